The van der Waals surface area contributed by atoms with E-state index in [0.717, 1.165) is 0 Å². The maximum atomic E-state index is 11.5. The van der Waals surface area contributed by atoms with E-state index in [4.69, 9.17) is 5.11 Å². The summed E-state index contributed by atoms with van der Waals surface area (Å²) in [6.45, 7) is 4.69. The average Bonchev–Trinajstić information content (AvgIpc) is 2.22. The van der Waals surface area contributed by atoms with Gasteiger partial charge in [0.15, 0.2) is 5.78 Å². The number of rotatable bonds is 8. The maximum Gasteiger partial charge on any atom is 0.306 e. The molecule has 0 bridgehead atoms. The number of hydrogen-bond acceptors (Lipinski definition) is 3. The molecule has 0 unspecified atom stereocenters. The van der Waals surface area contributed by atoms with Crippen LogP contribution in [0.1, 0.15) is 46.5 Å². The van der Waals surface area contributed by atoms with Gasteiger partial charge in [0.25, 0.3) is 0 Å². The number of nitrogens with one attached hydrogen (secondary N) is 1. The molecule has 0 rings (SSSR count). The van der Waals surface area contributed by atoms with E-state index in [2.05, 4.69) is 5.32 Å². The average molecular weight is 243 g/mol. The standard InChI is InChI=1S/C12H21NO4/c1-8(12(16)17)6-4-5-7-11(15)9(2)13-10(3)14/h8-9H,4-7H2,1-3H3,(H,13,14)(H,16,17)/t8-,9+/m0/s1. The summed E-state index contributed by atoms with van der Waals surface area (Å²) in [4.78, 5) is 32.8. The number of amides is 1. The van der Waals surface area contributed by atoms with Crippen LogP contribution in [-0.4, -0.2) is 28.8 Å². The van der Waals surface area contributed by atoms with Crippen LogP contribution in [-0.2, 0) is 14.4 Å². The highest BCUT2D eigenvalue weighted by Gasteiger charge is 2.14. The molecular weight excluding hydrogens is 222 g/mol. The highest BCUT2D eigenvalue weighted by Crippen LogP contribution is 2.10. The summed E-state index contributed by atoms with van der Waals surface area (Å²) in [6, 6.07) is -0.454. The number of aliphatic carboxylic acids is 1. The lowest BCUT2D eigenvalue weighted by molar-refractivity contribution is -0.141. The zero-order valence-electron chi connectivity index (χ0n) is 10.7. The molecule has 98 valence electrons. The first-order valence-electron chi connectivity index (χ1n) is 5.87. The quantitative estimate of drug-likeness (QED) is 0.630. The van der Waals surface area contributed by atoms with Crippen LogP contribution >= 0.6 is 0 Å². The summed E-state index contributed by atoms with van der Waals surface area (Å²) in [5.41, 5.74) is 0. The Balaban J connectivity index is 3.71. The molecule has 0 aromatic rings. The minimum Gasteiger partial charge on any atom is -0.481 e. The van der Waals surface area contributed by atoms with Crippen molar-refractivity contribution in [1.82, 2.24) is 5.32 Å². The van der Waals surface area contributed by atoms with Crippen molar-refractivity contribution in [2.75, 3.05) is 0 Å². The molecule has 0 saturated carbocycles. The molecule has 0 aliphatic carbocycles. The molecule has 5 nitrogen and oxygen atoms in total. The van der Waals surface area contributed by atoms with E-state index in [-0.39, 0.29) is 17.6 Å². The van der Waals surface area contributed by atoms with Crippen LogP contribution in [0.25, 0.3) is 0 Å². The highest BCUT2D eigenvalue weighted by atomic mass is 16.4. The van der Waals surface area contributed by atoms with Crippen LogP contribution in [0.15, 0.2) is 0 Å². The minimum atomic E-state index is -0.803. The van der Waals surface area contributed by atoms with Crippen molar-refractivity contribution < 1.29 is 19.5 Å². The van der Waals surface area contributed by atoms with Crippen molar-refractivity contribution >= 4 is 17.7 Å². The molecule has 0 heterocycles. The first-order valence-corrected chi connectivity index (χ1v) is 5.87. The van der Waals surface area contributed by atoms with Crippen molar-refractivity contribution in [2.24, 2.45) is 5.92 Å². The van der Waals surface area contributed by atoms with Crippen LogP contribution in [0.2, 0.25) is 0 Å². The van der Waals surface area contributed by atoms with Crippen molar-refractivity contribution in [3.8, 4) is 0 Å². The van der Waals surface area contributed by atoms with E-state index >= 15 is 0 Å². The lowest BCUT2D eigenvalue weighted by Crippen LogP contribution is -2.36. The zero-order chi connectivity index (χ0) is 13.4. The van der Waals surface area contributed by atoms with Gasteiger partial charge >= 0.3 is 5.97 Å². The van der Waals surface area contributed by atoms with E-state index in [1.807, 2.05) is 0 Å². The van der Waals surface area contributed by atoms with Crippen LogP contribution in [0.5, 0.6) is 0 Å². The van der Waals surface area contributed by atoms with Gasteiger partial charge in [-0.15, -0.1) is 0 Å². The molecule has 1 amide bonds. The van der Waals surface area contributed by atoms with E-state index < -0.39 is 12.0 Å². The van der Waals surface area contributed by atoms with Gasteiger partial charge < -0.3 is 10.4 Å². The van der Waals surface area contributed by atoms with Crippen molar-refractivity contribution in [3.05, 3.63) is 0 Å². The molecule has 0 aromatic carbocycles. The first kappa shape index (κ1) is 15.6. The van der Waals surface area contributed by atoms with Gasteiger partial charge in [-0.3, -0.25) is 14.4 Å². The molecule has 0 aliphatic rings. The predicted octanol–water partition coefficient (Wildman–Crippen LogP) is 1.36. The SMILES string of the molecule is CC(=O)N[C@H](C)C(=O)CCCC[C@H](C)C(=O)O. The summed E-state index contributed by atoms with van der Waals surface area (Å²) < 4.78 is 0. The second-order valence-corrected chi connectivity index (χ2v) is 4.37. The van der Waals surface area contributed by atoms with Crippen molar-refractivity contribution in [3.63, 3.8) is 0 Å². The number of Topliss-reactive ketones (excluding diaryl/α,β-unsaturated/α-hetero) is 1. The number of carbonyl (C=O) groups is 3. The molecule has 0 saturated heterocycles. The van der Waals surface area contributed by atoms with Crippen LogP contribution in [0.4, 0.5) is 0 Å². The van der Waals surface area contributed by atoms with Gasteiger partial charge in [0.05, 0.1) is 12.0 Å². The van der Waals surface area contributed by atoms with Gasteiger partial charge in [0, 0.05) is 13.3 Å². The Labute approximate surface area is 102 Å². The molecule has 17 heavy (non-hydrogen) atoms. The van der Waals surface area contributed by atoms with Crippen LogP contribution in [0, 0.1) is 5.92 Å². The highest BCUT2D eigenvalue weighted by molar-refractivity contribution is 5.87. The topological polar surface area (TPSA) is 83.5 Å². The number of carboxylic acid groups (broad SMARTS) is 1. The van der Waals surface area contributed by atoms with Crippen LogP contribution in [0.3, 0.4) is 0 Å². The molecule has 5 heteroatoms. The lowest BCUT2D eigenvalue weighted by Gasteiger charge is -2.11. The predicted molar refractivity (Wildman–Crippen MR) is 63.6 cm³/mol. The molecule has 2 N–H and O–H groups in total. The molecule has 0 radical (unpaired) electrons. The lowest BCUT2D eigenvalue weighted by atomic mass is 10.0. The molecular formula is C12H21NO4. The minimum absolute atomic E-state index is 0.0109. The van der Waals surface area contributed by atoms with Crippen molar-refractivity contribution in [2.45, 2.75) is 52.5 Å². The normalized spacial score (nSPS) is 13.8. The number of ketones is 1. The van der Waals surface area contributed by atoms with E-state index in [1.54, 1.807) is 13.8 Å². The van der Waals surface area contributed by atoms with E-state index in [1.165, 1.54) is 6.92 Å². The van der Waals surface area contributed by atoms with Gasteiger partial charge in [-0.2, -0.15) is 0 Å². The number of hydrogen-bond donors (Lipinski definition) is 2. The monoisotopic (exact) mass is 243 g/mol. The Morgan fingerprint density at radius 1 is 1.18 bits per heavy atom. The van der Waals surface area contributed by atoms with Gasteiger partial charge in [-0.1, -0.05) is 13.3 Å². The van der Waals surface area contributed by atoms with Gasteiger partial charge in [-0.25, -0.2) is 0 Å². The van der Waals surface area contributed by atoms with Crippen LogP contribution < -0.4 is 5.32 Å². The maximum absolute atomic E-state index is 11.5. The first-order chi connectivity index (χ1) is 7.84. The number of carboxylic acids is 1. The van der Waals surface area contributed by atoms with Gasteiger partial charge in [0.2, 0.25) is 5.91 Å². The fourth-order valence-electron chi connectivity index (χ4n) is 1.48. The third-order valence-electron chi connectivity index (χ3n) is 2.63. The Bertz CT molecular complexity index is 288. The zero-order valence-corrected chi connectivity index (χ0v) is 10.7. The third kappa shape index (κ3) is 7.49. The molecule has 0 spiro atoms. The van der Waals surface area contributed by atoms with Gasteiger partial charge in [0.1, 0.15) is 0 Å². The Kier molecular flexibility index (Phi) is 7.18. The fraction of sp³-hybridized carbons (Fsp3) is 0.750. The number of unbranched alkanes of at least 4 members (excludes halogenated alkanes) is 1. The fourth-order valence-corrected chi connectivity index (χ4v) is 1.48. The Morgan fingerprint density at radius 2 is 1.76 bits per heavy atom. The Morgan fingerprint density at radius 3 is 2.24 bits per heavy atom. The van der Waals surface area contributed by atoms with Crippen molar-refractivity contribution in [1.29, 1.82) is 0 Å². The summed E-state index contributed by atoms with van der Waals surface area (Å²) >= 11 is 0. The van der Waals surface area contributed by atoms with E-state index in [9.17, 15) is 14.4 Å². The second kappa shape index (κ2) is 7.81. The third-order valence-corrected chi connectivity index (χ3v) is 2.63. The summed E-state index contributed by atoms with van der Waals surface area (Å²) in [7, 11) is 0. The molecule has 0 fully saturated rings. The summed E-state index contributed by atoms with van der Waals surface area (Å²) in [5, 5.41) is 11.2. The summed E-state index contributed by atoms with van der Waals surface area (Å²) in [6.07, 6.45) is 2.34. The second-order valence-electron chi connectivity index (χ2n) is 4.37. The summed E-state index contributed by atoms with van der Waals surface area (Å²) in [5.74, 6) is -1.39. The smallest absolute Gasteiger partial charge is 0.306 e. The largest absolute Gasteiger partial charge is 0.481 e. The Hall–Kier alpha value is -1.39. The molecule has 0 aliphatic heterocycles. The molecule has 2 atom stereocenters. The molecule has 0 aromatic heterocycles. The van der Waals surface area contributed by atoms with E-state index in [0.29, 0.717) is 25.7 Å². The van der Waals surface area contributed by atoms with Gasteiger partial charge in [-0.05, 0) is 19.8 Å². The number of carbonyl (C=O) groups excluding carboxylic acids is 2.